The SMILES string of the molecule is CC.COC(=O)Cc1ccc(C#N)cc1. The Labute approximate surface area is 90.3 Å². The number of carbonyl (C=O) groups is 1. The summed E-state index contributed by atoms with van der Waals surface area (Å²) < 4.78 is 4.51. The van der Waals surface area contributed by atoms with Gasteiger partial charge in [-0.25, -0.2) is 0 Å². The molecule has 15 heavy (non-hydrogen) atoms. The van der Waals surface area contributed by atoms with Crippen LogP contribution in [0, 0.1) is 11.3 Å². The smallest absolute Gasteiger partial charge is 0.309 e. The Bertz CT molecular complexity index is 336. The molecule has 0 bridgehead atoms. The maximum absolute atomic E-state index is 10.8. The van der Waals surface area contributed by atoms with Crippen molar-refractivity contribution >= 4 is 5.97 Å². The molecule has 0 saturated heterocycles. The quantitative estimate of drug-likeness (QED) is 0.696. The molecule has 0 spiro atoms. The summed E-state index contributed by atoms with van der Waals surface area (Å²) in [6.07, 6.45) is 0.252. The first-order chi connectivity index (χ1) is 7.26. The molecule has 0 aliphatic heterocycles. The van der Waals surface area contributed by atoms with E-state index in [9.17, 15) is 4.79 Å². The van der Waals surface area contributed by atoms with Crippen molar-refractivity contribution in [2.45, 2.75) is 20.3 Å². The van der Waals surface area contributed by atoms with Gasteiger partial charge in [-0.2, -0.15) is 5.26 Å². The van der Waals surface area contributed by atoms with Gasteiger partial charge in [-0.1, -0.05) is 26.0 Å². The standard InChI is InChI=1S/C10H9NO2.C2H6/c1-13-10(12)6-8-2-4-9(7-11)5-3-8;1-2/h2-5H,6H2,1H3;1-2H3. The monoisotopic (exact) mass is 205 g/mol. The molecule has 0 fully saturated rings. The molecule has 0 aromatic heterocycles. The lowest BCUT2D eigenvalue weighted by atomic mass is 10.1. The molecule has 0 N–H and O–H groups in total. The van der Waals surface area contributed by atoms with Crippen LogP contribution in [-0.4, -0.2) is 13.1 Å². The fourth-order valence-electron chi connectivity index (χ4n) is 0.936. The Morgan fingerprint density at radius 3 is 2.27 bits per heavy atom. The number of hydrogen-bond acceptors (Lipinski definition) is 3. The van der Waals surface area contributed by atoms with E-state index in [0.717, 1.165) is 5.56 Å². The lowest BCUT2D eigenvalue weighted by Crippen LogP contribution is -2.04. The third-order valence-electron chi connectivity index (χ3n) is 1.66. The van der Waals surface area contributed by atoms with E-state index in [2.05, 4.69) is 4.74 Å². The fraction of sp³-hybridized carbons (Fsp3) is 0.333. The highest BCUT2D eigenvalue weighted by molar-refractivity contribution is 5.72. The van der Waals surface area contributed by atoms with Crippen LogP contribution >= 0.6 is 0 Å². The number of esters is 1. The van der Waals surface area contributed by atoms with Crippen LogP contribution in [0.4, 0.5) is 0 Å². The number of rotatable bonds is 2. The number of nitrogens with zero attached hydrogens (tertiary/aromatic N) is 1. The number of nitriles is 1. The molecule has 0 aliphatic carbocycles. The molecule has 0 unspecified atom stereocenters. The number of benzene rings is 1. The van der Waals surface area contributed by atoms with E-state index in [-0.39, 0.29) is 12.4 Å². The molecular formula is C12H15NO2. The highest BCUT2D eigenvalue weighted by Gasteiger charge is 2.01. The van der Waals surface area contributed by atoms with Crippen LogP contribution in [0.5, 0.6) is 0 Å². The molecule has 0 atom stereocenters. The Morgan fingerprint density at radius 2 is 1.87 bits per heavy atom. The van der Waals surface area contributed by atoms with E-state index in [1.165, 1.54) is 7.11 Å². The van der Waals surface area contributed by atoms with Crippen molar-refractivity contribution in [3.63, 3.8) is 0 Å². The molecule has 0 radical (unpaired) electrons. The van der Waals surface area contributed by atoms with Gasteiger partial charge in [0.25, 0.3) is 0 Å². The third-order valence-corrected chi connectivity index (χ3v) is 1.66. The summed E-state index contributed by atoms with van der Waals surface area (Å²) >= 11 is 0. The van der Waals surface area contributed by atoms with Crippen molar-refractivity contribution in [2.75, 3.05) is 7.11 Å². The molecule has 1 aromatic rings. The number of carbonyl (C=O) groups excluding carboxylic acids is 1. The predicted molar refractivity (Wildman–Crippen MR) is 58.2 cm³/mol. The van der Waals surface area contributed by atoms with Gasteiger partial charge in [0.05, 0.1) is 25.2 Å². The van der Waals surface area contributed by atoms with Crippen molar-refractivity contribution < 1.29 is 9.53 Å². The van der Waals surface area contributed by atoms with Crippen LogP contribution in [0.3, 0.4) is 0 Å². The highest BCUT2D eigenvalue weighted by Crippen LogP contribution is 2.04. The van der Waals surface area contributed by atoms with Gasteiger partial charge in [0.2, 0.25) is 0 Å². The van der Waals surface area contributed by atoms with Gasteiger partial charge in [-0.05, 0) is 17.7 Å². The van der Waals surface area contributed by atoms with Crippen LogP contribution in [0.1, 0.15) is 25.0 Å². The Hall–Kier alpha value is -1.82. The first-order valence-corrected chi connectivity index (χ1v) is 4.82. The molecular weight excluding hydrogens is 190 g/mol. The summed E-state index contributed by atoms with van der Waals surface area (Å²) in [5, 5.41) is 8.51. The van der Waals surface area contributed by atoms with Crippen LogP contribution in [0.2, 0.25) is 0 Å². The average Bonchev–Trinajstić information content (AvgIpc) is 2.32. The maximum Gasteiger partial charge on any atom is 0.309 e. The summed E-state index contributed by atoms with van der Waals surface area (Å²) in [5.41, 5.74) is 1.44. The van der Waals surface area contributed by atoms with Crippen LogP contribution < -0.4 is 0 Å². The zero-order chi connectivity index (χ0) is 11.7. The minimum absolute atomic E-state index is 0.252. The molecule has 80 valence electrons. The summed E-state index contributed by atoms with van der Waals surface area (Å²) in [6.45, 7) is 4.00. The van der Waals surface area contributed by atoms with Gasteiger partial charge < -0.3 is 4.74 Å². The average molecular weight is 205 g/mol. The zero-order valence-electron chi connectivity index (χ0n) is 9.28. The summed E-state index contributed by atoms with van der Waals surface area (Å²) in [5.74, 6) is -0.273. The Balaban J connectivity index is 0.000000921. The summed E-state index contributed by atoms with van der Waals surface area (Å²) in [4.78, 5) is 10.8. The topological polar surface area (TPSA) is 50.1 Å². The van der Waals surface area contributed by atoms with Crippen LogP contribution in [-0.2, 0) is 16.0 Å². The molecule has 3 nitrogen and oxygen atoms in total. The van der Waals surface area contributed by atoms with Gasteiger partial charge in [0.15, 0.2) is 0 Å². The molecule has 0 heterocycles. The van der Waals surface area contributed by atoms with Crippen LogP contribution in [0.25, 0.3) is 0 Å². The normalized spacial score (nSPS) is 8.13. The molecule has 1 aromatic carbocycles. The Morgan fingerprint density at radius 1 is 1.33 bits per heavy atom. The molecule has 0 aliphatic rings. The highest BCUT2D eigenvalue weighted by atomic mass is 16.5. The molecule has 0 amide bonds. The van der Waals surface area contributed by atoms with Gasteiger partial charge in [-0.3, -0.25) is 4.79 Å². The first-order valence-electron chi connectivity index (χ1n) is 4.82. The van der Waals surface area contributed by atoms with E-state index in [0.29, 0.717) is 5.56 Å². The van der Waals surface area contributed by atoms with Gasteiger partial charge in [0.1, 0.15) is 0 Å². The molecule has 0 saturated carbocycles. The second-order valence-corrected chi connectivity index (χ2v) is 2.56. The van der Waals surface area contributed by atoms with Gasteiger partial charge in [-0.15, -0.1) is 0 Å². The van der Waals surface area contributed by atoms with Crippen molar-refractivity contribution in [3.05, 3.63) is 35.4 Å². The predicted octanol–water partition coefficient (Wildman–Crippen LogP) is 2.30. The number of ether oxygens (including phenoxy) is 1. The largest absolute Gasteiger partial charge is 0.469 e. The second-order valence-electron chi connectivity index (χ2n) is 2.56. The van der Waals surface area contributed by atoms with Gasteiger partial charge >= 0.3 is 5.97 Å². The fourth-order valence-corrected chi connectivity index (χ4v) is 0.936. The van der Waals surface area contributed by atoms with Gasteiger partial charge in [0, 0.05) is 0 Å². The van der Waals surface area contributed by atoms with E-state index >= 15 is 0 Å². The van der Waals surface area contributed by atoms with Crippen molar-refractivity contribution in [3.8, 4) is 6.07 Å². The summed E-state index contributed by atoms with van der Waals surface area (Å²) in [6, 6.07) is 8.85. The van der Waals surface area contributed by atoms with Crippen molar-refractivity contribution in [1.82, 2.24) is 0 Å². The number of hydrogen-bond donors (Lipinski definition) is 0. The second kappa shape index (κ2) is 7.57. The first kappa shape index (κ1) is 13.2. The van der Waals surface area contributed by atoms with E-state index in [4.69, 9.17) is 5.26 Å². The number of methoxy groups -OCH3 is 1. The van der Waals surface area contributed by atoms with E-state index < -0.39 is 0 Å². The van der Waals surface area contributed by atoms with E-state index in [1.54, 1.807) is 24.3 Å². The lowest BCUT2D eigenvalue weighted by molar-refractivity contribution is -0.139. The third kappa shape index (κ3) is 4.82. The Kier molecular flexibility index (Phi) is 6.65. The zero-order valence-corrected chi connectivity index (χ0v) is 9.28. The minimum atomic E-state index is -0.273. The van der Waals surface area contributed by atoms with Crippen molar-refractivity contribution in [1.29, 1.82) is 5.26 Å². The maximum atomic E-state index is 10.8. The lowest BCUT2D eigenvalue weighted by Gasteiger charge is -1.98. The molecule has 1 rings (SSSR count). The van der Waals surface area contributed by atoms with Crippen LogP contribution in [0.15, 0.2) is 24.3 Å². The summed E-state index contributed by atoms with van der Waals surface area (Å²) in [7, 11) is 1.35. The molecule has 3 heteroatoms. The minimum Gasteiger partial charge on any atom is -0.469 e. The van der Waals surface area contributed by atoms with E-state index in [1.807, 2.05) is 19.9 Å². The van der Waals surface area contributed by atoms with Crippen molar-refractivity contribution in [2.24, 2.45) is 0 Å².